The molecule has 1 aromatic heterocycles. The van der Waals surface area contributed by atoms with Gasteiger partial charge < -0.3 is 5.32 Å². The van der Waals surface area contributed by atoms with Gasteiger partial charge in [0, 0.05) is 0 Å². The van der Waals surface area contributed by atoms with Gasteiger partial charge in [-0.15, -0.1) is 11.3 Å². The molecule has 0 aliphatic carbocycles. The van der Waals surface area contributed by atoms with Crippen LogP contribution in [0.25, 0.3) is 10.2 Å². The number of nitrogens with zero attached hydrogens (tertiary/aromatic N) is 2. The van der Waals surface area contributed by atoms with E-state index in [9.17, 15) is 9.18 Å². The maximum Gasteiger partial charge on any atom is 0.237 e. The highest BCUT2D eigenvalue weighted by atomic mass is 32.1. The fourth-order valence-electron chi connectivity index (χ4n) is 3.87. The van der Waals surface area contributed by atoms with E-state index < -0.39 is 0 Å². The molecule has 2 aromatic carbocycles. The number of para-hydroxylation sites is 1. The summed E-state index contributed by atoms with van der Waals surface area (Å²) >= 11 is 1.72. The van der Waals surface area contributed by atoms with Crippen LogP contribution >= 0.6 is 11.3 Å². The van der Waals surface area contributed by atoms with Gasteiger partial charge >= 0.3 is 0 Å². The van der Waals surface area contributed by atoms with Crippen molar-refractivity contribution in [3.8, 4) is 0 Å². The lowest BCUT2D eigenvalue weighted by atomic mass is 10.1. The Balaban J connectivity index is 1.47. The first-order valence-electron chi connectivity index (χ1n) is 9.70. The van der Waals surface area contributed by atoms with Crippen LogP contribution in [-0.4, -0.2) is 28.4 Å². The van der Waals surface area contributed by atoms with E-state index in [1.807, 2.05) is 32.0 Å². The number of hydrogen-bond donors (Lipinski definition) is 1. The van der Waals surface area contributed by atoms with Gasteiger partial charge in [0.05, 0.1) is 28.3 Å². The third kappa shape index (κ3) is 3.80. The van der Waals surface area contributed by atoms with Crippen LogP contribution < -0.4 is 5.32 Å². The van der Waals surface area contributed by atoms with Crippen molar-refractivity contribution in [2.24, 2.45) is 0 Å². The zero-order chi connectivity index (χ0) is 19.7. The highest BCUT2D eigenvalue weighted by Crippen LogP contribution is 2.37. The molecule has 1 fully saturated rings. The SMILES string of the molecule is CC(NC(=O)C(C)N1CCCC1c1nc2ccccc2s1)c1ccc(F)cc1. The Labute approximate surface area is 168 Å². The predicted molar refractivity (Wildman–Crippen MR) is 111 cm³/mol. The summed E-state index contributed by atoms with van der Waals surface area (Å²) in [6.45, 7) is 4.77. The van der Waals surface area contributed by atoms with E-state index in [1.54, 1.807) is 23.5 Å². The number of thiazole rings is 1. The molecule has 4 rings (SSSR count). The van der Waals surface area contributed by atoms with Crippen LogP contribution in [0.2, 0.25) is 0 Å². The maximum absolute atomic E-state index is 13.1. The number of nitrogens with one attached hydrogen (secondary N) is 1. The summed E-state index contributed by atoms with van der Waals surface area (Å²) in [4.78, 5) is 20.0. The summed E-state index contributed by atoms with van der Waals surface area (Å²) < 4.78 is 14.3. The van der Waals surface area contributed by atoms with Gasteiger partial charge in [0.2, 0.25) is 5.91 Å². The van der Waals surface area contributed by atoms with Gasteiger partial charge in [0.1, 0.15) is 10.8 Å². The fraction of sp³-hybridized carbons (Fsp3) is 0.364. The topological polar surface area (TPSA) is 45.2 Å². The van der Waals surface area contributed by atoms with Crippen LogP contribution in [0, 0.1) is 5.82 Å². The lowest BCUT2D eigenvalue weighted by Crippen LogP contribution is -2.45. The molecule has 146 valence electrons. The minimum atomic E-state index is -0.272. The monoisotopic (exact) mass is 397 g/mol. The van der Waals surface area contributed by atoms with E-state index in [-0.39, 0.29) is 29.8 Å². The van der Waals surface area contributed by atoms with Crippen molar-refractivity contribution in [3.05, 3.63) is 64.9 Å². The van der Waals surface area contributed by atoms with Crippen LogP contribution in [0.5, 0.6) is 0 Å². The third-order valence-corrected chi connectivity index (χ3v) is 6.63. The largest absolute Gasteiger partial charge is 0.348 e. The summed E-state index contributed by atoms with van der Waals surface area (Å²) in [5.74, 6) is -0.281. The van der Waals surface area contributed by atoms with E-state index in [4.69, 9.17) is 4.98 Å². The standard InChI is InChI=1S/C22H24FN3OS/c1-14(16-9-11-17(23)12-10-16)24-21(27)15(2)26-13-5-7-19(26)22-25-18-6-3-4-8-20(18)28-22/h3-4,6,8-12,14-15,19H,5,7,13H2,1-2H3,(H,24,27). The second kappa shape index (κ2) is 7.97. The number of amides is 1. The van der Waals surface area contributed by atoms with Gasteiger partial charge in [-0.05, 0) is 63.1 Å². The van der Waals surface area contributed by atoms with Gasteiger partial charge in [-0.2, -0.15) is 0 Å². The molecule has 4 nitrogen and oxygen atoms in total. The van der Waals surface area contributed by atoms with Crippen molar-refractivity contribution in [2.75, 3.05) is 6.54 Å². The lowest BCUT2D eigenvalue weighted by Gasteiger charge is -2.29. The molecule has 3 atom stereocenters. The fourth-order valence-corrected chi connectivity index (χ4v) is 4.99. The number of likely N-dealkylation sites (tertiary alicyclic amines) is 1. The van der Waals surface area contributed by atoms with E-state index in [1.165, 1.54) is 16.8 Å². The highest BCUT2D eigenvalue weighted by molar-refractivity contribution is 7.18. The molecule has 1 aliphatic heterocycles. The molecule has 2 heterocycles. The quantitative estimate of drug-likeness (QED) is 0.670. The van der Waals surface area contributed by atoms with Crippen molar-refractivity contribution < 1.29 is 9.18 Å². The minimum Gasteiger partial charge on any atom is -0.348 e. The molecular weight excluding hydrogens is 373 g/mol. The van der Waals surface area contributed by atoms with Crippen LogP contribution in [0.3, 0.4) is 0 Å². The lowest BCUT2D eigenvalue weighted by molar-refractivity contribution is -0.126. The average molecular weight is 398 g/mol. The van der Waals surface area contributed by atoms with Crippen LogP contribution in [-0.2, 0) is 4.79 Å². The second-order valence-corrected chi connectivity index (χ2v) is 8.44. The summed E-state index contributed by atoms with van der Waals surface area (Å²) in [7, 11) is 0. The Morgan fingerprint density at radius 1 is 1.21 bits per heavy atom. The van der Waals surface area contributed by atoms with Gasteiger partial charge in [0.15, 0.2) is 0 Å². The Morgan fingerprint density at radius 3 is 2.71 bits per heavy atom. The predicted octanol–water partition coefficient (Wildman–Crippen LogP) is 4.84. The van der Waals surface area contributed by atoms with Crippen LogP contribution in [0.1, 0.15) is 49.3 Å². The van der Waals surface area contributed by atoms with E-state index in [0.717, 1.165) is 35.5 Å². The summed E-state index contributed by atoms with van der Waals surface area (Å²) in [5.41, 5.74) is 1.92. The summed E-state index contributed by atoms with van der Waals surface area (Å²) in [6.07, 6.45) is 2.08. The Bertz CT molecular complexity index is 938. The number of halogens is 1. The first-order chi connectivity index (χ1) is 13.5. The molecule has 28 heavy (non-hydrogen) atoms. The van der Waals surface area contributed by atoms with Crippen molar-refractivity contribution in [1.82, 2.24) is 15.2 Å². The molecule has 0 saturated carbocycles. The van der Waals surface area contributed by atoms with Gasteiger partial charge in [0.25, 0.3) is 0 Å². The summed E-state index contributed by atoms with van der Waals surface area (Å²) in [5, 5.41) is 4.16. The molecule has 0 spiro atoms. The maximum atomic E-state index is 13.1. The molecule has 0 bridgehead atoms. The molecule has 1 saturated heterocycles. The Kier molecular flexibility index (Phi) is 5.42. The highest BCUT2D eigenvalue weighted by Gasteiger charge is 2.35. The van der Waals surface area contributed by atoms with E-state index >= 15 is 0 Å². The Hall–Kier alpha value is -2.31. The van der Waals surface area contributed by atoms with Crippen molar-refractivity contribution >= 4 is 27.5 Å². The number of carbonyl (C=O) groups is 1. The van der Waals surface area contributed by atoms with Gasteiger partial charge in [-0.3, -0.25) is 9.69 Å². The number of carbonyl (C=O) groups excluding carboxylic acids is 1. The van der Waals surface area contributed by atoms with Crippen LogP contribution in [0.4, 0.5) is 4.39 Å². The van der Waals surface area contributed by atoms with Gasteiger partial charge in [-0.1, -0.05) is 24.3 Å². The molecule has 3 unspecified atom stereocenters. The molecule has 1 N–H and O–H groups in total. The Morgan fingerprint density at radius 2 is 1.96 bits per heavy atom. The van der Waals surface area contributed by atoms with Crippen molar-refractivity contribution in [2.45, 2.75) is 44.8 Å². The summed E-state index contributed by atoms with van der Waals surface area (Å²) in [6, 6.07) is 14.2. The molecule has 0 radical (unpaired) electrons. The van der Waals surface area contributed by atoms with E-state index in [2.05, 4.69) is 16.3 Å². The van der Waals surface area contributed by atoms with Gasteiger partial charge in [-0.25, -0.2) is 9.37 Å². The average Bonchev–Trinajstić information content (AvgIpc) is 3.34. The molecule has 3 aromatic rings. The zero-order valence-electron chi connectivity index (χ0n) is 16.1. The number of fused-ring (bicyclic) bond motifs is 1. The molecule has 1 amide bonds. The first-order valence-corrected chi connectivity index (χ1v) is 10.5. The minimum absolute atomic E-state index is 0.00941. The number of aromatic nitrogens is 1. The van der Waals surface area contributed by atoms with Crippen molar-refractivity contribution in [1.29, 1.82) is 0 Å². The van der Waals surface area contributed by atoms with Crippen molar-refractivity contribution in [3.63, 3.8) is 0 Å². The smallest absolute Gasteiger partial charge is 0.237 e. The van der Waals surface area contributed by atoms with E-state index in [0.29, 0.717) is 0 Å². The molecule has 1 aliphatic rings. The number of hydrogen-bond acceptors (Lipinski definition) is 4. The second-order valence-electron chi connectivity index (χ2n) is 7.37. The number of rotatable bonds is 5. The first kappa shape index (κ1) is 19.0. The van der Waals surface area contributed by atoms with Crippen LogP contribution in [0.15, 0.2) is 48.5 Å². The third-order valence-electron chi connectivity index (χ3n) is 5.50. The zero-order valence-corrected chi connectivity index (χ0v) is 16.9. The normalized spacial score (nSPS) is 19.6. The number of benzene rings is 2. The molecular formula is C22H24FN3OS. The molecule has 6 heteroatoms.